The molecule has 9 heteroatoms. The zero-order valence-corrected chi connectivity index (χ0v) is 15.7. The number of carbonyl (C=O) groups excluding carboxylic acids is 2. The second kappa shape index (κ2) is 8.31. The summed E-state index contributed by atoms with van der Waals surface area (Å²) in [6, 6.07) is -0.641. The lowest BCUT2D eigenvalue weighted by molar-refractivity contribution is -0.133. The second-order valence-electron chi connectivity index (χ2n) is 7.68. The molecule has 2 heterocycles. The van der Waals surface area contributed by atoms with Gasteiger partial charge in [0, 0.05) is 19.9 Å². The predicted octanol–water partition coefficient (Wildman–Crippen LogP) is 2.23. The van der Waals surface area contributed by atoms with Crippen molar-refractivity contribution in [1.82, 2.24) is 25.2 Å². The van der Waals surface area contributed by atoms with E-state index in [2.05, 4.69) is 15.6 Å². The van der Waals surface area contributed by atoms with Gasteiger partial charge in [0.25, 0.3) is 11.8 Å². The molecule has 2 fully saturated rings. The van der Waals surface area contributed by atoms with E-state index in [1.807, 2.05) is 0 Å². The van der Waals surface area contributed by atoms with Gasteiger partial charge >= 0.3 is 0 Å². The van der Waals surface area contributed by atoms with Crippen molar-refractivity contribution in [2.75, 3.05) is 13.6 Å². The Hall–Kier alpha value is -2.06. The van der Waals surface area contributed by atoms with E-state index in [-0.39, 0.29) is 18.1 Å². The van der Waals surface area contributed by atoms with Gasteiger partial charge in [-0.15, -0.1) is 5.10 Å². The fourth-order valence-electron chi connectivity index (χ4n) is 4.14. The molecule has 2 aliphatic rings. The van der Waals surface area contributed by atoms with Crippen molar-refractivity contribution >= 4 is 11.8 Å². The third-order valence-electron chi connectivity index (χ3n) is 5.58. The minimum absolute atomic E-state index is 0.106. The van der Waals surface area contributed by atoms with Gasteiger partial charge in [0.2, 0.25) is 5.91 Å². The van der Waals surface area contributed by atoms with Crippen molar-refractivity contribution in [2.24, 2.45) is 5.92 Å². The maximum Gasteiger partial charge on any atom is 0.273 e. The van der Waals surface area contributed by atoms with Crippen LogP contribution in [0.15, 0.2) is 6.20 Å². The van der Waals surface area contributed by atoms with Crippen molar-refractivity contribution in [1.29, 1.82) is 0 Å². The monoisotopic (exact) mass is 383 g/mol. The maximum absolute atomic E-state index is 14.0. The highest BCUT2D eigenvalue weighted by molar-refractivity contribution is 5.91. The predicted molar refractivity (Wildman–Crippen MR) is 94.3 cm³/mol. The van der Waals surface area contributed by atoms with Crippen LogP contribution in [0.5, 0.6) is 0 Å². The number of nitrogens with zero attached hydrogens (tertiary/aromatic N) is 4. The molecule has 0 aromatic carbocycles. The summed E-state index contributed by atoms with van der Waals surface area (Å²) in [7, 11) is 1.48. The Morgan fingerprint density at radius 3 is 2.74 bits per heavy atom. The van der Waals surface area contributed by atoms with Crippen LogP contribution in [0, 0.1) is 5.92 Å². The SMILES string of the molecule is CNC(=O)c1cn(C[C@@H]2CC(F)(F)CN2C(=O)CCC2CCCCC2)nn1. The average molecular weight is 383 g/mol. The highest BCUT2D eigenvalue weighted by atomic mass is 19.3. The molecule has 7 nitrogen and oxygen atoms in total. The van der Waals surface area contributed by atoms with E-state index in [1.54, 1.807) is 0 Å². The lowest BCUT2D eigenvalue weighted by atomic mass is 9.86. The van der Waals surface area contributed by atoms with Gasteiger partial charge in [0.1, 0.15) is 0 Å². The number of aromatic nitrogens is 3. The number of rotatable bonds is 6. The first-order valence-corrected chi connectivity index (χ1v) is 9.67. The van der Waals surface area contributed by atoms with Crippen molar-refractivity contribution < 1.29 is 18.4 Å². The fraction of sp³-hybridized carbons (Fsp3) is 0.778. The van der Waals surface area contributed by atoms with Gasteiger partial charge in [-0.3, -0.25) is 9.59 Å². The third kappa shape index (κ3) is 5.01. The Labute approximate surface area is 157 Å². The van der Waals surface area contributed by atoms with Crippen LogP contribution in [-0.4, -0.2) is 57.3 Å². The molecule has 1 atom stereocenters. The summed E-state index contributed by atoms with van der Waals surface area (Å²) in [5.41, 5.74) is 0.123. The minimum Gasteiger partial charge on any atom is -0.354 e. The molecule has 1 saturated heterocycles. The van der Waals surface area contributed by atoms with Crippen LogP contribution in [0.2, 0.25) is 0 Å². The molecule has 1 aromatic rings. The number of carbonyl (C=O) groups is 2. The number of alkyl halides is 2. The quantitative estimate of drug-likeness (QED) is 0.817. The standard InChI is InChI=1S/C18H27F2N5O2/c1-21-17(27)15-11-24(23-22-15)10-14-9-18(19,20)12-25(14)16(26)8-7-13-5-3-2-4-6-13/h11,13-14H,2-10,12H2,1H3,(H,21,27)/t14-/m0/s1. The Morgan fingerprint density at radius 2 is 2.04 bits per heavy atom. The zero-order valence-electron chi connectivity index (χ0n) is 15.7. The van der Waals surface area contributed by atoms with Gasteiger partial charge in [0.15, 0.2) is 5.69 Å². The van der Waals surface area contributed by atoms with Crippen LogP contribution in [-0.2, 0) is 11.3 Å². The number of likely N-dealkylation sites (tertiary alicyclic amines) is 1. The fourth-order valence-corrected chi connectivity index (χ4v) is 4.14. The molecule has 0 spiro atoms. The van der Waals surface area contributed by atoms with Gasteiger partial charge in [-0.1, -0.05) is 37.3 Å². The van der Waals surface area contributed by atoms with E-state index in [4.69, 9.17) is 0 Å². The van der Waals surface area contributed by atoms with E-state index >= 15 is 0 Å². The van der Waals surface area contributed by atoms with Gasteiger partial charge in [-0.2, -0.15) is 0 Å². The van der Waals surface area contributed by atoms with Gasteiger partial charge in [-0.25, -0.2) is 13.5 Å². The highest BCUT2D eigenvalue weighted by Crippen LogP contribution is 2.34. The van der Waals surface area contributed by atoms with Crippen LogP contribution in [0.25, 0.3) is 0 Å². The van der Waals surface area contributed by atoms with Crippen molar-refractivity contribution in [2.45, 2.75) is 69.9 Å². The number of hydrogen-bond donors (Lipinski definition) is 1. The Morgan fingerprint density at radius 1 is 1.30 bits per heavy atom. The van der Waals surface area contributed by atoms with E-state index in [9.17, 15) is 18.4 Å². The summed E-state index contributed by atoms with van der Waals surface area (Å²) in [6.45, 7) is -0.438. The molecule has 1 aliphatic carbocycles. The molecular weight excluding hydrogens is 356 g/mol. The normalized spacial score (nSPS) is 22.8. The van der Waals surface area contributed by atoms with E-state index in [0.717, 1.165) is 19.3 Å². The first-order chi connectivity index (χ1) is 12.9. The molecule has 27 heavy (non-hydrogen) atoms. The Balaban J connectivity index is 1.61. The highest BCUT2D eigenvalue weighted by Gasteiger charge is 2.47. The first-order valence-electron chi connectivity index (χ1n) is 9.67. The molecule has 0 bridgehead atoms. The molecule has 1 aliphatic heterocycles. The maximum atomic E-state index is 14.0. The first kappa shape index (κ1) is 19.7. The number of nitrogens with one attached hydrogen (secondary N) is 1. The molecule has 2 amide bonds. The molecule has 150 valence electrons. The number of amides is 2. The Bertz CT molecular complexity index is 672. The summed E-state index contributed by atoms with van der Waals surface area (Å²) in [5, 5.41) is 10.0. The van der Waals surface area contributed by atoms with Gasteiger partial charge < -0.3 is 10.2 Å². The molecule has 1 saturated carbocycles. The summed E-state index contributed by atoms with van der Waals surface area (Å²) in [6.07, 6.45) is 8.03. The van der Waals surface area contributed by atoms with Crippen LogP contribution in [0.1, 0.15) is 61.9 Å². The number of halogens is 2. The summed E-state index contributed by atoms with van der Waals surface area (Å²) in [5.74, 6) is -2.96. The van der Waals surface area contributed by atoms with Crippen LogP contribution in [0.3, 0.4) is 0 Å². The van der Waals surface area contributed by atoms with Crippen LogP contribution >= 0.6 is 0 Å². The minimum atomic E-state index is -2.89. The van der Waals surface area contributed by atoms with E-state index in [0.29, 0.717) is 12.3 Å². The summed E-state index contributed by atoms with van der Waals surface area (Å²) in [4.78, 5) is 25.5. The molecular formula is C18H27F2N5O2. The molecule has 0 radical (unpaired) electrons. The average Bonchev–Trinajstić information content (AvgIpc) is 3.24. The lowest BCUT2D eigenvalue weighted by Gasteiger charge is -2.26. The van der Waals surface area contributed by atoms with Gasteiger partial charge in [0.05, 0.1) is 25.3 Å². The number of hydrogen-bond acceptors (Lipinski definition) is 4. The van der Waals surface area contributed by atoms with Crippen LogP contribution in [0.4, 0.5) is 8.78 Å². The zero-order chi connectivity index (χ0) is 19.4. The smallest absolute Gasteiger partial charge is 0.273 e. The van der Waals surface area contributed by atoms with Crippen molar-refractivity contribution in [3.8, 4) is 0 Å². The summed E-state index contributed by atoms with van der Waals surface area (Å²) < 4.78 is 29.3. The largest absolute Gasteiger partial charge is 0.354 e. The third-order valence-corrected chi connectivity index (χ3v) is 5.58. The second-order valence-corrected chi connectivity index (χ2v) is 7.68. The van der Waals surface area contributed by atoms with E-state index < -0.39 is 30.8 Å². The van der Waals surface area contributed by atoms with E-state index in [1.165, 1.54) is 42.1 Å². The molecule has 1 aromatic heterocycles. The molecule has 1 N–H and O–H groups in total. The molecule has 0 unspecified atom stereocenters. The van der Waals surface area contributed by atoms with Gasteiger partial charge in [-0.05, 0) is 12.3 Å². The van der Waals surface area contributed by atoms with Crippen LogP contribution < -0.4 is 5.32 Å². The molecule has 3 rings (SSSR count). The van der Waals surface area contributed by atoms with Crippen molar-refractivity contribution in [3.63, 3.8) is 0 Å². The lowest BCUT2D eigenvalue weighted by Crippen LogP contribution is -2.39. The summed E-state index contributed by atoms with van der Waals surface area (Å²) >= 11 is 0. The van der Waals surface area contributed by atoms with Crippen molar-refractivity contribution in [3.05, 3.63) is 11.9 Å². The topological polar surface area (TPSA) is 80.1 Å². The Kier molecular flexibility index (Phi) is 6.06.